The molecule has 1 unspecified atom stereocenters. The van der Waals surface area contributed by atoms with E-state index in [4.69, 9.17) is 14.7 Å². The average Bonchev–Trinajstić information content (AvgIpc) is 2.90. The van der Waals surface area contributed by atoms with Crippen LogP contribution in [0.5, 0.6) is 0 Å². The Morgan fingerprint density at radius 3 is 2.59 bits per heavy atom. The van der Waals surface area contributed by atoms with E-state index in [0.29, 0.717) is 11.8 Å². The van der Waals surface area contributed by atoms with Crippen molar-refractivity contribution in [3.8, 4) is 22.5 Å². The Balaban J connectivity index is 1.36. The first-order chi connectivity index (χ1) is 16.7. The van der Waals surface area contributed by atoms with Crippen LogP contribution in [0.2, 0.25) is 0 Å². The van der Waals surface area contributed by atoms with Crippen molar-refractivity contribution in [1.29, 1.82) is 0 Å². The molecule has 174 valence electrons. The SMILES string of the molecule is COC1=CCC(CN2CCC(c3nc(-c4ccncc4)ncc3-c3cccc(C)c3)CC2)C=C1. The maximum Gasteiger partial charge on any atom is 0.159 e. The molecule has 5 nitrogen and oxygen atoms in total. The van der Waals surface area contributed by atoms with Crippen LogP contribution in [0, 0.1) is 12.8 Å². The monoisotopic (exact) mass is 452 g/mol. The minimum absolute atomic E-state index is 0.428. The molecule has 1 atom stereocenters. The van der Waals surface area contributed by atoms with Crippen LogP contribution in [0.25, 0.3) is 22.5 Å². The van der Waals surface area contributed by atoms with Crippen molar-refractivity contribution in [1.82, 2.24) is 19.9 Å². The van der Waals surface area contributed by atoms with E-state index in [1.165, 1.54) is 16.8 Å². The number of piperidine rings is 1. The van der Waals surface area contributed by atoms with E-state index in [0.717, 1.165) is 61.6 Å². The molecule has 2 aliphatic rings. The molecule has 1 aromatic carbocycles. The van der Waals surface area contributed by atoms with E-state index in [1.807, 2.05) is 18.3 Å². The zero-order valence-electron chi connectivity index (χ0n) is 20.0. The number of allylic oxidation sites excluding steroid dienone is 2. The van der Waals surface area contributed by atoms with Crippen molar-refractivity contribution >= 4 is 0 Å². The molecule has 3 aromatic rings. The molecule has 0 saturated carbocycles. The second-order valence-electron chi connectivity index (χ2n) is 9.34. The molecule has 1 aliphatic carbocycles. The van der Waals surface area contributed by atoms with Crippen molar-refractivity contribution in [2.45, 2.75) is 32.1 Å². The normalized spacial score (nSPS) is 19.1. The second kappa shape index (κ2) is 10.3. The molecule has 5 heteroatoms. The minimum Gasteiger partial charge on any atom is -0.497 e. The van der Waals surface area contributed by atoms with E-state index in [1.54, 1.807) is 19.5 Å². The van der Waals surface area contributed by atoms with Gasteiger partial charge < -0.3 is 9.64 Å². The van der Waals surface area contributed by atoms with Gasteiger partial charge in [-0.15, -0.1) is 0 Å². The Morgan fingerprint density at radius 2 is 1.88 bits per heavy atom. The quantitative estimate of drug-likeness (QED) is 0.473. The minimum atomic E-state index is 0.428. The highest BCUT2D eigenvalue weighted by Crippen LogP contribution is 2.35. The van der Waals surface area contributed by atoms with Crippen LogP contribution in [0.3, 0.4) is 0 Å². The van der Waals surface area contributed by atoms with Gasteiger partial charge in [-0.2, -0.15) is 0 Å². The van der Waals surface area contributed by atoms with Crippen molar-refractivity contribution in [2.24, 2.45) is 5.92 Å². The average molecular weight is 453 g/mol. The number of pyridine rings is 1. The summed E-state index contributed by atoms with van der Waals surface area (Å²) in [5.74, 6) is 2.75. The number of methoxy groups -OCH3 is 1. The third kappa shape index (κ3) is 5.10. The molecule has 0 spiro atoms. The molecule has 34 heavy (non-hydrogen) atoms. The van der Waals surface area contributed by atoms with E-state index >= 15 is 0 Å². The van der Waals surface area contributed by atoms with Gasteiger partial charge in [0.1, 0.15) is 5.76 Å². The van der Waals surface area contributed by atoms with Crippen LogP contribution in [0.4, 0.5) is 0 Å². The number of aromatic nitrogens is 3. The Morgan fingerprint density at radius 1 is 1.06 bits per heavy atom. The molecule has 0 bridgehead atoms. The highest BCUT2D eigenvalue weighted by Gasteiger charge is 2.26. The molecule has 2 aromatic heterocycles. The number of rotatable bonds is 6. The van der Waals surface area contributed by atoms with Gasteiger partial charge in [-0.05, 0) is 75.0 Å². The standard InChI is InChI=1S/C29H32N4O/c1-21-4-3-5-25(18-21)27-19-31-29(24-10-14-30-15-11-24)32-28(27)23-12-16-33(17-13-23)20-22-6-8-26(34-2)9-7-22/h3-6,8-11,14-15,18-19,22-23H,7,12-13,16-17,20H2,1-2H3. The van der Waals surface area contributed by atoms with Crippen molar-refractivity contribution in [2.75, 3.05) is 26.7 Å². The number of hydrogen-bond acceptors (Lipinski definition) is 5. The second-order valence-corrected chi connectivity index (χ2v) is 9.34. The predicted molar refractivity (Wildman–Crippen MR) is 136 cm³/mol. The zero-order valence-corrected chi connectivity index (χ0v) is 20.0. The summed E-state index contributed by atoms with van der Waals surface area (Å²) in [5.41, 5.74) is 5.80. The molecule has 1 aliphatic heterocycles. The number of likely N-dealkylation sites (tertiary alicyclic amines) is 1. The van der Waals surface area contributed by atoms with Crippen LogP contribution in [-0.4, -0.2) is 46.6 Å². The van der Waals surface area contributed by atoms with Crippen molar-refractivity contribution in [3.63, 3.8) is 0 Å². The van der Waals surface area contributed by atoms with E-state index in [9.17, 15) is 0 Å². The van der Waals surface area contributed by atoms with Crippen molar-refractivity contribution in [3.05, 3.63) is 90.2 Å². The molecule has 0 radical (unpaired) electrons. The smallest absolute Gasteiger partial charge is 0.159 e. The fourth-order valence-corrected chi connectivity index (χ4v) is 5.03. The van der Waals surface area contributed by atoms with E-state index in [-0.39, 0.29) is 0 Å². The number of hydrogen-bond donors (Lipinski definition) is 0. The lowest BCUT2D eigenvalue weighted by atomic mass is 9.88. The van der Waals surface area contributed by atoms with Gasteiger partial charge in [-0.1, -0.05) is 35.9 Å². The molecule has 5 rings (SSSR count). The summed E-state index contributed by atoms with van der Waals surface area (Å²) < 4.78 is 5.33. The number of aryl methyl sites for hydroxylation is 1. The lowest BCUT2D eigenvalue weighted by Crippen LogP contribution is -2.36. The topological polar surface area (TPSA) is 51.1 Å². The Hall–Kier alpha value is -3.31. The van der Waals surface area contributed by atoms with Gasteiger partial charge >= 0.3 is 0 Å². The van der Waals surface area contributed by atoms with Crippen LogP contribution >= 0.6 is 0 Å². The fourth-order valence-electron chi connectivity index (χ4n) is 5.03. The highest BCUT2D eigenvalue weighted by molar-refractivity contribution is 5.68. The van der Waals surface area contributed by atoms with Crippen LogP contribution in [0.1, 0.15) is 36.4 Å². The van der Waals surface area contributed by atoms with Gasteiger partial charge in [-0.25, -0.2) is 9.97 Å². The number of ether oxygens (including phenoxy) is 1. The molecular formula is C29H32N4O. The largest absolute Gasteiger partial charge is 0.497 e. The van der Waals surface area contributed by atoms with Crippen LogP contribution in [-0.2, 0) is 4.74 Å². The molecule has 0 N–H and O–H groups in total. The number of benzene rings is 1. The lowest BCUT2D eigenvalue weighted by Gasteiger charge is -2.34. The van der Waals surface area contributed by atoms with Crippen LogP contribution < -0.4 is 0 Å². The maximum absolute atomic E-state index is 5.33. The predicted octanol–water partition coefficient (Wildman–Crippen LogP) is 5.80. The Kier molecular flexibility index (Phi) is 6.82. The third-order valence-electron chi connectivity index (χ3n) is 6.94. The summed E-state index contributed by atoms with van der Waals surface area (Å²) in [7, 11) is 1.74. The Bertz CT molecular complexity index is 1180. The van der Waals surface area contributed by atoms with Gasteiger partial charge in [0, 0.05) is 42.2 Å². The Labute approximate surface area is 202 Å². The maximum atomic E-state index is 5.33. The molecular weight excluding hydrogens is 420 g/mol. The molecule has 1 fully saturated rings. The summed E-state index contributed by atoms with van der Waals surface area (Å²) in [4.78, 5) is 16.6. The van der Waals surface area contributed by atoms with Gasteiger partial charge in [-0.3, -0.25) is 4.98 Å². The first-order valence-electron chi connectivity index (χ1n) is 12.2. The van der Waals surface area contributed by atoms with Crippen molar-refractivity contribution < 1.29 is 4.74 Å². The summed E-state index contributed by atoms with van der Waals surface area (Å²) >= 11 is 0. The summed E-state index contributed by atoms with van der Waals surface area (Å²) in [5, 5.41) is 0. The third-order valence-corrected chi connectivity index (χ3v) is 6.94. The summed E-state index contributed by atoms with van der Waals surface area (Å²) in [6, 6.07) is 12.6. The first kappa shape index (κ1) is 22.5. The fraction of sp³-hybridized carbons (Fsp3) is 0.345. The zero-order chi connectivity index (χ0) is 23.3. The van der Waals surface area contributed by atoms with E-state index < -0.39 is 0 Å². The van der Waals surface area contributed by atoms with Gasteiger partial charge in [0.15, 0.2) is 5.82 Å². The van der Waals surface area contributed by atoms with Crippen LogP contribution in [0.15, 0.2) is 79.0 Å². The summed E-state index contributed by atoms with van der Waals surface area (Å²) in [6.45, 7) is 5.43. The van der Waals surface area contributed by atoms with E-state index in [2.05, 4.69) is 59.3 Å². The molecule has 0 amide bonds. The lowest BCUT2D eigenvalue weighted by molar-refractivity contribution is 0.192. The molecule has 1 saturated heterocycles. The van der Waals surface area contributed by atoms with Gasteiger partial charge in [0.25, 0.3) is 0 Å². The first-order valence-corrected chi connectivity index (χ1v) is 12.2. The highest BCUT2D eigenvalue weighted by atomic mass is 16.5. The van der Waals surface area contributed by atoms with Gasteiger partial charge in [0.2, 0.25) is 0 Å². The van der Waals surface area contributed by atoms with Gasteiger partial charge in [0.05, 0.1) is 12.8 Å². The number of nitrogens with zero attached hydrogens (tertiary/aromatic N) is 4. The summed E-state index contributed by atoms with van der Waals surface area (Å²) in [6.07, 6.45) is 15.5. The molecule has 3 heterocycles.